The zero-order chi connectivity index (χ0) is 20.1. The first-order valence-electron chi connectivity index (χ1n) is 9.98. The smallest absolute Gasteiger partial charge is 0.322 e. The summed E-state index contributed by atoms with van der Waals surface area (Å²) < 4.78 is 5.76. The Morgan fingerprint density at radius 3 is 2.25 bits per heavy atom. The van der Waals surface area contributed by atoms with Crippen molar-refractivity contribution in [3.63, 3.8) is 0 Å². The van der Waals surface area contributed by atoms with Gasteiger partial charge in [-0.15, -0.1) is 0 Å². The highest BCUT2D eigenvalue weighted by Crippen LogP contribution is 2.46. The lowest BCUT2D eigenvalue weighted by Gasteiger charge is -2.30. The van der Waals surface area contributed by atoms with E-state index in [0.29, 0.717) is 17.9 Å². The normalized spacial score (nSPS) is 21.2. The first kappa shape index (κ1) is 19.2. The van der Waals surface area contributed by atoms with E-state index in [2.05, 4.69) is 13.0 Å². The Morgan fingerprint density at radius 2 is 1.61 bits per heavy atom. The third-order valence-electron chi connectivity index (χ3n) is 6.36. The van der Waals surface area contributed by atoms with Gasteiger partial charge in [-0.3, -0.25) is 9.59 Å². The Hall–Kier alpha value is -2.13. The van der Waals surface area contributed by atoms with Gasteiger partial charge in [-0.05, 0) is 92.0 Å². The van der Waals surface area contributed by atoms with E-state index in [4.69, 9.17) is 16.3 Å². The maximum absolute atomic E-state index is 13.4. The van der Waals surface area contributed by atoms with E-state index in [1.807, 2.05) is 38.1 Å². The van der Waals surface area contributed by atoms with Crippen molar-refractivity contribution in [2.24, 2.45) is 0 Å². The van der Waals surface area contributed by atoms with Crippen molar-refractivity contribution in [1.29, 1.82) is 0 Å². The summed E-state index contributed by atoms with van der Waals surface area (Å²) in [6.07, 6.45) is 4.28. The van der Waals surface area contributed by atoms with Gasteiger partial charge in [0, 0.05) is 5.02 Å². The molecule has 0 N–H and O–H groups in total. The van der Waals surface area contributed by atoms with E-state index >= 15 is 0 Å². The molecule has 0 bridgehead atoms. The molecule has 2 aromatic rings. The summed E-state index contributed by atoms with van der Waals surface area (Å²) in [5.41, 5.74) is 5.07. The zero-order valence-electron chi connectivity index (χ0n) is 16.6. The molecule has 2 fully saturated rings. The number of hydrogen-bond donors (Lipinski definition) is 0. The number of esters is 1. The molecule has 2 aromatic carbocycles. The Balaban J connectivity index is 1.84. The van der Waals surface area contributed by atoms with Crippen LogP contribution in [-0.2, 0) is 14.3 Å². The van der Waals surface area contributed by atoms with Crippen LogP contribution in [0.4, 0.5) is 0 Å². The molecule has 4 heteroatoms. The minimum atomic E-state index is -0.899. The number of Topliss-reactive ketones (excluding diaryl/α,β-unsaturated/α-hetero) is 1. The van der Waals surface area contributed by atoms with E-state index in [-0.39, 0.29) is 11.8 Å². The standard InChI is InChI=1S/C24H25ClO3/c1-14-13-15(2)20(16(3)19(14)17-7-9-18(25)10-8-17)21-22(26)24(28-23(21)27)11-5-4-6-12-24/h7-10,13,21H,4-6,11-12H2,1-3H3. The highest BCUT2D eigenvalue weighted by Gasteiger charge is 2.56. The van der Waals surface area contributed by atoms with E-state index in [1.54, 1.807) is 0 Å². The number of ether oxygens (including phenoxy) is 1. The molecule has 0 aromatic heterocycles. The van der Waals surface area contributed by atoms with Crippen LogP contribution >= 0.6 is 11.6 Å². The molecule has 0 amide bonds. The van der Waals surface area contributed by atoms with Gasteiger partial charge in [-0.2, -0.15) is 0 Å². The molecule has 1 saturated carbocycles. The van der Waals surface area contributed by atoms with Crippen LogP contribution < -0.4 is 0 Å². The number of ketones is 1. The van der Waals surface area contributed by atoms with Crippen LogP contribution in [-0.4, -0.2) is 17.4 Å². The van der Waals surface area contributed by atoms with Gasteiger partial charge >= 0.3 is 5.97 Å². The second kappa shape index (κ2) is 7.04. The van der Waals surface area contributed by atoms with E-state index < -0.39 is 11.5 Å². The monoisotopic (exact) mass is 396 g/mol. The molecule has 1 atom stereocenters. The lowest BCUT2D eigenvalue weighted by molar-refractivity contribution is -0.154. The lowest BCUT2D eigenvalue weighted by Crippen LogP contribution is -2.39. The Labute approximate surface area is 171 Å². The van der Waals surface area contributed by atoms with Crippen LogP contribution in [0.1, 0.15) is 60.3 Å². The maximum atomic E-state index is 13.4. The quantitative estimate of drug-likeness (QED) is 0.472. The predicted molar refractivity (Wildman–Crippen MR) is 111 cm³/mol. The number of hydrogen-bond acceptors (Lipinski definition) is 3. The minimum Gasteiger partial charge on any atom is -0.450 e. The Kier molecular flexibility index (Phi) is 4.83. The third kappa shape index (κ3) is 2.97. The molecule has 1 heterocycles. The fourth-order valence-electron chi connectivity index (χ4n) is 5.10. The Morgan fingerprint density at radius 1 is 0.964 bits per heavy atom. The van der Waals surface area contributed by atoms with Crippen molar-refractivity contribution in [3.05, 3.63) is 57.6 Å². The third-order valence-corrected chi connectivity index (χ3v) is 6.61. The first-order valence-corrected chi connectivity index (χ1v) is 10.4. The molecule has 28 heavy (non-hydrogen) atoms. The summed E-state index contributed by atoms with van der Waals surface area (Å²) in [5.74, 6) is -1.25. The molecule has 3 nitrogen and oxygen atoms in total. The molecule has 4 rings (SSSR count). The highest BCUT2D eigenvalue weighted by molar-refractivity contribution is 6.30. The van der Waals surface area contributed by atoms with Crippen LogP contribution in [0, 0.1) is 20.8 Å². The summed E-state index contributed by atoms with van der Waals surface area (Å²) in [6, 6.07) is 9.75. The second-order valence-electron chi connectivity index (χ2n) is 8.20. The fourth-order valence-corrected chi connectivity index (χ4v) is 5.22. The number of benzene rings is 2. The molecule has 1 aliphatic heterocycles. The van der Waals surface area contributed by atoms with Gasteiger partial charge in [-0.1, -0.05) is 36.2 Å². The SMILES string of the molecule is Cc1cc(C)c(C2C(=O)OC3(CCCCC3)C2=O)c(C)c1-c1ccc(Cl)cc1. The topological polar surface area (TPSA) is 43.4 Å². The fraction of sp³-hybridized carbons (Fsp3) is 0.417. The maximum Gasteiger partial charge on any atom is 0.322 e. The summed E-state index contributed by atoms with van der Waals surface area (Å²) in [7, 11) is 0. The van der Waals surface area contributed by atoms with Crippen LogP contribution in [0.5, 0.6) is 0 Å². The van der Waals surface area contributed by atoms with E-state index in [0.717, 1.165) is 52.6 Å². The Bertz CT molecular complexity index is 953. The number of carbonyl (C=O) groups excluding carboxylic acids is 2. The van der Waals surface area contributed by atoms with Gasteiger partial charge in [0.2, 0.25) is 0 Å². The molecule has 1 saturated heterocycles. The van der Waals surface area contributed by atoms with Crippen LogP contribution in [0.25, 0.3) is 11.1 Å². The molecule has 1 unspecified atom stereocenters. The van der Waals surface area contributed by atoms with Crippen molar-refractivity contribution >= 4 is 23.4 Å². The van der Waals surface area contributed by atoms with Gasteiger partial charge in [-0.25, -0.2) is 0 Å². The average molecular weight is 397 g/mol. The molecule has 0 radical (unpaired) electrons. The van der Waals surface area contributed by atoms with Crippen LogP contribution in [0.15, 0.2) is 30.3 Å². The number of carbonyl (C=O) groups is 2. The van der Waals surface area contributed by atoms with Crippen molar-refractivity contribution in [3.8, 4) is 11.1 Å². The number of halogens is 1. The van der Waals surface area contributed by atoms with Gasteiger partial charge in [0.05, 0.1) is 0 Å². The van der Waals surface area contributed by atoms with Crippen molar-refractivity contribution in [1.82, 2.24) is 0 Å². The van der Waals surface area contributed by atoms with Crippen molar-refractivity contribution < 1.29 is 14.3 Å². The van der Waals surface area contributed by atoms with Crippen molar-refractivity contribution in [2.45, 2.75) is 64.4 Å². The summed E-state index contributed by atoms with van der Waals surface area (Å²) in [6.45, 7) is 6.05. The minimum absolute atomic E-state index is 0.0469. The van der Waals surface area contributed by atoms with Crippen molar-refractivity contribution in [2.75, 3.05) is 0 Å². The summed E-state index contributed by atoms with van der Waals surface area (Å²) >= 11 is 6.05. The predicted octanol–water partition coefficient (Wildman–Crippen LogP) is 5.84. The number of rotatable bonds is 2. The molecular weight excluding hydrogens is 372 g/mol. The van der Waals surface area contributed by atoms with Crippen LogP contribution in [0.3, 0.4) is 0 Å². The molecule has 1 spiro atoms. The zero-order valence-corrected chi connectivity index (χ0v) is 17.4. The lowest BCUT2D eigenvalue weighted by atomic mass is 9.75. The molecule has 1 aliphatic carbocycles. The summed E-state index contributed by atoms with van der Waals surface area (Å²) in [4.78, 5) is 26.3. The summed E-state index contributed by atoms with van der Waals surface area (Å²) in [5, 5.41) is 0.681. The number of aryl methyl sites for hydroxylation is 2. The highest BCUT2D eigenvalue weighted by atomic mass is 35.5. The average Bonchev–Trinajstić information content (AvgIpc) is 2.88. The van der Waals surface area contributed by atoms with Gasteiger partial charge < -0.3 is 4.74 Å². The molecule has 2 aliphatic rings. The van der Waals surface area contributed by atoms with Crippen LogP contribution in [0.2, 0.25) is 5.02 Å². The first-order chi connectivity index (χ1) is 13.3. The van der Waals surface area contributed by atoms with E-state index in [1.165, 1.54) is 0 Å². The molecular formula is C24H25ClO3. The van der Waals surface area contributed by atoms with Gasteiger partial charge in [0.15, 0.2) is 11.4 Å². The van der Waals surface area contributed by atoms with E-state index in [9.17, 15) is 9.59 Å². The largest absolute Gasteiger partial charge is 0.450 e. The molecule has 146 valence electrons. The van der Waals surface area contributed by atoms with Gasteiger partial charge in [0.25, 0.3) is 0 Å². The van der Waals surface area contributed by atoms with Gasteiger partial charge in [0.1, 0.15) is 5.92 Å². The second-order valence-corrected chi connectivity index (χ2v) is 8.64.